The minimum Gasteiger partial charge on any atom is -0.486 e. The SMILES string of the molecule is Cn1c(COc2ccccc2)nnc1SCc1cn2ccccc2n1. The average Bonchev–Trinajstić information content (AvgIpc) is 3.22. The first-order chi connectivity index (χ1) is 12.3. The minimum atomic E-state index is 0.391. The number of rotatable bonds is 6. The Bertz CT molecular complexity index is 946. The summed E-state index contributed by atoms with van der Waals surface area (Å²) in [6.07, 6.45) is 4.04. The van der Waals surface area contributed by atoms with Crippen LogP contribution in [0.1, 0.15) is 11.5 Å². The molecule has 1 aromatic carbocycles. The molecule has 0 bridgehead atoms. The number of pyridine rings is 1. The largest absolute Gasteiger partial charge is 0.486 e. The maximum Gasteiger partial charge on any atom is 0.191 e. The van der Waals surface area contributed by atoms with Gasteiger partial charge in [-0.3, -0.25) is 0 Å². The molecule has 0 atom stereocenters. The molecule has 0 fully saturated rings. The second-order valence-corrected chi connectivity index (χ2v) is 6.49. The number of ether oxygens (including phenoxy) is 1. The second kappa shape index (κ2) is 6.98. The maximum atomic E-state index is 5.74. The fourth-order valence-electron chi connectivity index (χ4n) is 2.46. The van der Waals surface area contributed by atoms with Gasteiger partial charge in [-0.05, 0) is 24.3 Å². The van der Waals surface area contributed by atoms with Gasteiger partial charge in [-0.2, -0.15) is 0 Å². The zero-order valence-electron chi connectivity index (χ0n) is 13.7. The van der Waals surface area contributed by atoms with Crippen molar-refractivity contribution in [2.45, 2.75) is 17.5 Å². The van der Waals surface area contributed by atoms with E-state index < -0.39 is 0 Å². The van der Waals surface area contributed by atoms with Crippen molar-refractivity contribution in [1.29, 1.82) is 0 Å². The Balaban J connectivity index is 1.40. The third-order valence-corrected chi connectivity index (χ3v) is 4.85. The van der Waals surface area contributed by atoms with E-state index >= 15 is 0 Å². The molecular formula is C18H17N5OS. The van der Waals surface area contributed by atoms with Gasteiger partial charge >= 0.3 is 0 Å². The number of fused-ring (bicyclic) bond motifs is 1. The van der Waals surface area contributed by atoms with E-state index in [9.17, 15) is 0 Å². The summed E-state index contributed by atoms with van der Waals surface area (Å²) in [6, 6.07) is 15.7. The molecule has 0 saturated heterocycles. The lowest BCUT2D eigenvalue weighted by molar-refractivity contribution is 0.290. The summed E-state index contributed by atoms with van der Waals surface area (Å²) in [5.41, 5.74) is 1.97. The van der Waals surface area contributed by atoms with E-state index in [0.717, 1.165) is 33.8 Å². The summed E-state index contributed by atoms with van der Waals surface area (Å²) in [4.78, 5) is 4.60. The molecule has 3 aromatic heterocycles. The van der Waals surface area contributed by atoms with E-state index in [1.54, 1.807) is 11.8 Å². The van der Waals surface area contributed by atoms with Gasteiger partial charge in [0.25, 0.3) is 0 Å². The Morgan fingerprint density at radius 2 is 1.88 bits per heavy atom. The van der Waals surface area contributed by atoms with Crippen LogP contribution in [-0.4, -0.2) is 24.1 Å². The summed E-state index contributed by atoms with van der Waals surface area (Å²) in [5, 5.41) is 9.34. The van der Waals surface area contributed by atoms with Crippen LogP contribution in [0.25, 0.3) is 5.65 Å². The van der Waals surface area contributed by atoms with Crippen molar-refractivity contribution in [2.75, 3.05) is 0 Å². The van der Waals surface area contributed by atoms with Gasteiger partial charge in [0.2, 0.25) is 0 Å². The van der Waals surface area contributed by atoms with Crippen LogP contribution in [-0.2, 0) is 19.4 Å². The molecular weight excluding hydrogens is 334 g/mol. The van der Waals surface area contributed by atoms with Crippen LogP contribution >= 0.6 is 11.8 Å². The Labute approximate surface area is 149 Å². The van der Waals surface area contributed by atoms with Gasteiger partial charge in [0.15, 0.2) is 11.0 Å². The molecule has 0 radical (unpaired) electrons. The Morgan fingerprint density at radius 3 is 2.72 bits per heavy atom. The highest BCUT2D eigenvalue weighted by atomic mass is 32.2. The molecule has 0 amide bonds. The maximum absolute atomic E-state index is 5.74. The van der Waals surface area contributed by atoms with Crippen LogP contribution in [0.5, 0.6) is 5.75 Å². The predicted octanol–water partition coefficient (Wildman–Crippen LogP) is 3.33. The fourth-order valence-corrected chi connectivity index (χ4v) is 3.27. The number of imidazole rings is 1. The lowest BCUT2D eigenvalue weighted by Crippen LogP contribution is -2.04. The Kier molecular flexibility index (Phi) is 4.39. The van der Waals surface area contributed by atoms with E-state index in [2.05, 4.69) is 15.2 Å². The second-order valence-electron chi connectivity index (χ2n) is 5.55. The number of benzene rings is 1. The number of para-hydroxylation sites is 1. The average molecular weight is 351 g/mol. The Hall–Kier alpha value is -2.80. The summed E-state index contributed by atoms with van der Waals surface area (Å²) >= 11 is 1.62. The predicted molar refractivity (Wildman–Crippen MR) is 96.5 cm³/mol. The molecule has 4 rings (SSSR count). The quantitative estimate of drug-likeness (QED) is 0.499. The number of hydrogen-bond acceptors (Lipinski definition) is 5. The third kappa shape index (κ3) is 3.51. The fraction of sp³-hybridized carbons (Fsp3) is 0.167. The van der Waals surface area contributed by atoms with Gasteiger partial charge in [0.1, 0.15) is 18.0 Å². The molecule has 0 spiro atoms. The first-order valence-corrected chi connectivity index (χ1v) is 8.90. The van der Waals surface area contributed by atoms with Gasteiger partial charge in [-0.1, -0.05) is 36.0 Å². The highest BCUT2D eigenvalue weighted by Gasteiger charge is 2.11. The lowest BCUT2D eigenvalue weighted by Gasteiger charge is -2.06. The van der Waals surface area contributed by atoms with Crippen LogP contribution in [0.2, 0.25) is 0 Å². The van der Waals surface area contributed by atoms with Crippen molar-refractivity contribution in [2.24, 2.45) is 7.05 Å². The van der Waals surface area contributed by atoms with Gasteiger partial charge in [0, 0.05) is 25.2 Å². The molecule has 0 N–H and O–H groups in total. The molecule has 0 saturated carbocycles. The van der Waals surface area contributed by atoms with Crippen LogP contribution in [0.15, 0.2) is 66.1 Å². The lowest BCUT2D eigenvalue weighted by atomic mass is 10.3. The topological polar surface area (TPSA) is 57.2 Å². The molecule has 25 heavy (non-hydrogen) atoms. The van der Waals surface area contributed by atoms with E-state index in [1.807, 2.05) is 76.9 Å². The normalized spacial score (nSPS) is 11.1. The number of nitrogens with zero attached hydrogens (tertiary/aromatic N) is 5. The molecule has 0 aliphatic rings. The van der Waals surface area contributed by atoms with Crippen molar-refractivity contribution in [3.63, 3.8) is 0 Å². The van der Waals surface area contributed by atoms with Crippen molar-refractivity contribution >= 4 is 17.4 Å². The number of aromatic nitrogens is 5. The van der Waals surface area contributed by atoms with E-state index in [1.165, 1.54) is 0 Å². The molecule has 0 aliphatic carbocycles. The molecule has 0 unspecified atom stereocenters. The van der Waals surface area contributed by atoms with E-state index in [4.69, 9.17) is 4.74 Å². The summed E-state index contributed by atoms with van der Waals surface area (Å²) in [7, 11) is 1.95. The smallest absolute Gasteiger partial charge is 0.191 e. The van der Waals surface area contributed by atoms with Crippen molar-refractivity contribution in [1.82, 2.24) is 24.1 Å². The van der Waals surface area contributed by atoms with Gasteiger partial charge in [-0.25, -0.2) is 4.98 Å². The molecule has 6 nitrogen and oxygen atoms in total. The highest BCUT2D eigenvalue weighted by Crippen LogP contribution is 2.21. The monoisotopic (exact) mass is 351 g/mol. The van der Waals surface area contributed by atoms with E-state index in [-0.39, 0.29) is 0 Å². The summed E-state index contributed by atoms with van der Waals surface area (Å²) < 4.78 is 9.72. The Morgan fingerprint density at radius 1 is 1.04 bits per heavy atom. The van der Waals surface area contributed by atoms with Crippen molar-refractivity contribution in [3.05, 3.63) is 72.4 Å². The molecule has 3 heterocycles. The first-order valence-electron chi connectivity index (χ1n) is 7.91. The molecule has 0 aliphatic heterocycles. The van der Waals surface area contributed by atoms with E-state index in [0.29, 0.717) is 6.61 Å². The zero-order valence-corrected chi connectivity index (χ0v) is 14.6. The van der Waals surface area contributed by atoms with Crippen LogP contribution in [0, 0.1) is 0 Å². The first kappa shape index (κ1) is 15.7. The standard InChI is InChI=1S/C18H17N5OS/c1-22-17(12-24-15-7-3-2-4-8-15)20-21-18(22)25-13-14-11-23-10-6-5-9-16(23)19-14/h2-11H,12-13H2,1H3. The van der Waals surface area contributed by atoms with Crippen molar-refractivity contribution in [3.8, 4) is 5.75 Å². The van der Waals surface area contributed by atoms with Gasteiger partial charge in [-0.15, -0.1) is 10.2 Å². The summed E-state index contributed by atoms with van der Waals surface area (Å²) in [5.74, 6) is 2.36. The number of thioether (sulfide) groups is 1. The molecule has 4 aromatic rings. The van der Waals surface area contributed by atoms with Gasteiger partial charge in [0.05, 0.1) is 5.69 Å². The van der Waals surface area contributed by atoms with Crippen LogP contribution < -0.4 is 4.74 Å². The molecule has 126 valence electrons. The van der Waals surface area contributed by atoms with Gasteiger partial charge < -0.3 is 13.7 Å². The summed E-state index contributed by atoms with van der Waals surface area (Å²) in [6.45, 7) is 0.391. The minimum absolute atomic E-state index is 0.391. The van der Waals surface area contributed by atoms with Crippen molar-refractivity contribution < 1.29 is 4.74 Å². The molecule has 7 heteroatoms. The third-order valence-electron chi connectivity index (χ3n) is 3.80. The van der Waals surface area contributed by atoms with Crippen LogP contribution in [0.3, 0.4) is 0 Å². The zero-order chi connectivity index (χ0) is 17.1. The highest BCUT2D eigenvalue weighted by molar-refractivity contribution is 7.98. The number of hydrogen-bond donors (Lipinski definition) is 0. The van der Waals surface area contributed by atoms with Crippen LogP contribution in [0.4, 0.5) is 0 Å².